The molecule has 574 valence electrons. The van der Waals surface area contributed by atoms with E-state index in [1.54, 1.807) is 36.1 Å². The molecular formula is C97H67N20O3S+5. The van der Waals surface area contributed by atoms with E-state index in [2.05, 4.69) is 225 Å². The lowest BCUT2D eigenvalue weighted by molar-refractivity contribution is -0.649. The van der Waals surface area contributed by atoms with Crippen LogP contribution in [0.3, 0.4) is 0 Å². The average molecular weight is 1600 g/mol. The molecule has 121 heavy (non-hydrogen) atoms. The van der Waals surface area contributed by atoms with Gasteiger partial charge in [-0.2, -0.15) is 13.7 Å². The van der Waals surface area contributed by atoms with Crippen molar-refractivity contribution in [1.29, 1.82) is 0 Å². The Labute approximate surface area is 694 Å². The van der Waals surface area contributed by atoms with Gasteiger partial charge in [0.1, 0.15) is 59.2 Å². The van der Waals surface area contributed by atoms with E-state index < -0.39 is 6.98 Å². The van der Waals surface area contributed by atoms with Crippen molar-refractivity contribution in [2.75, 3.05) is 0 Å². The molecule has 0 bridgehead atoms. The number of aromatic nitrogens is 20. The summed E-state index contributed by atoms with van der Waals surface area (Å²) in [5.74, 6) is 5.61. The molecule has 0 unspecified atom stereocenters. The number of hydrogen-bond acceptors (Lipinski definition) is 13. The summed E-state index contributed by atoms with van der Waals surface area (Å²) in [5.41, 5.74) is 27.5. The Morgan fingerprint density at radius 2 is 0.711 bits per heavy atom. The highest BCUT2D eigenvalue weighted by atomic mass is 32.1. The average Bonchev–Trinajstić information content (AvgIpc) is 1.55. The van der Waals surface area contributed by atoms with Gasteiger partial charge in [-0.05, 0) is 146 Å². The highest BCUT2D eigenvalue weighted by Gasteiger charge is 2.44. The van der Waals surface area contributed by atoms with E-state index in [9.17, 15) is 0 Å². The number of nitrogens with zero attached hydrogens (tertiary/aromatic N) is 20. The third-order valence-corrected chi connectivity index (χ3v) is 24.9. The Bertz CT molecular complexity index is 8350. The normalized spacial score (nSPS) is 13.2. The van der Waals surface area contributed by atoms with Gasteiger partial charge in [-0.25, -0.2) is 13.7 Å². The van der Waals surface area contributed by atoms with Crippen molar-refractivity contribution in [2.24, 2.45) is 14.0 Å². The maximum absolute atomic E-state index is 8.27. The number of rotatable bonds is 4. The number of imidazole rings is 3. The van der Waals surface area contributed by atoms with Crippen molar-refractivity contribution in [3.05, 3.63) is 340 Å². The molecule has 0 spiro atoms. The monoisotopic (exact) mass is 1590 g/mol. The second-order valence-electron chi connectivity index (χ2n) is 30.3. The fourth-order valence-corrected chi connectivity index (χ4v) is 19.8. The molecule has 5 aromatic carbocycles. The van der Waals surface area contributed by atoms with Crippen LogP contribution in [0.1, 0.15) is 32.6 Å². The molecule has 23 nitrogen and oxygen atoms in total. The zero-order valence-electron chi connectivity index (χ0n) is 67.6. The van der Waals surface area contributed by atoms with E-state index in [-0.39, 0.29) is 0 Å². The molecule has 0 radical (unpaired) electrons. The lowest BCUT2D eigenvalue weighted by atomic mass is 10.2. The molecule has 0 saturated carbocycles. The largest absolute Gasteiger partial charge is 0.418 e. The van der Waals surface area contributed by atoms with Crippen molar-refractivity contribution in [1.82, 2.24) is 72.3 Å². The zero-order valence-corrected chi connectivity index (χ0v) is 65.4. The van der Waals surface area contributed by atoms with Gasteiger partial charge in [0.05, 0.1) is 101 Å². The molecule has 0 atom stereocenters. The SMILES string of the molecule is Cn1c2cnccc2c2c1n(-c1ccccc1)c1[n+]2Cc2ncccc2-1.[2H]C([2H])([2H])n1c2ccccc2c2c1n(-c1ccccc1)c1[n+]2Cc2ncccc2-1.c1ccc(-n2c3[n+](c4c5ccncc5n(-c5ccccc5)c42)Cc2ncccc2-3)cc1.c1cnc2c(c1)-c1oc3oc4cnccc4c3[n+]1C2.c1cnc2c(c1)-c1oc3sc4cnccc4c3[n+]1C2. The fourth-order valence-electron chi connectivity index (χ4n) is 18.8. The van der Waals surface area contributed by atoms with Crippen LogP contribution in [0.25, 0.3) is 189 Å². The molecule has 0 saturated heterocycles. The standard InChI is InChI=1S/C26H18N5.C22H17N4.C21H16N5.C14H8N3O2.C14H8N3OS/c1-3-8-18(9-4-1)30-23-16-27-15-13-21(23)24-26(30)31(19-10-5-2-6-11-19)25-20-12-7-14-28-22(20)17-29(24)25;1-24-19-12-6-5-10-17(19)20-22(24)26(15-8-3-2-4-9-15)21-16-11-7-13-23-18(16)14-25(20)21;1-24-18-12-22-11-9-16(18)19-21(24)26(14-6-3-2-4-7-14)20-15-8-5-10-23-17(15)13-25(19)20;1-2-8-10(16-4-1)7-17-12-9-3-5-15-6-11(9)18-14(12)19-13(8)17;1-2-8-10(16-4-1)7-17-12-9-3-5-15-6-11(9)19-14(12)18-13(8)17/h1-16H,17H2;2-13H,14H2,1H3;2-12H,13H2,1H3;2*1-6H,7H2/q5*+1/i;1D3;;;. The van der Waals surface area contributed by atoms with E-state index in [0.29, 0.717) is 23.5 Å². The summed E-state index contributed by atoms with van der Waals surface area (Å²) in [6.45, 7) is 1.37. The van der Waals surface area contributed by atoms with Gasteiger partial charge in [-0.15, -0.1) is 9.13 Å². The molecule has 24 aromatic rings. The number of benzene rings is 5. The van der Waals surface area contributed by atoms with Crippen LogP contribution in [0, 0.1) is 0 Å². The summed E-state index contributed by atoms with van der Waals surface area (Å²) < 4.78 is 67.7. The maximum Gasteiger partial charge on any atom is 0.386 e. The van der Waals surface area contributed by atoms with E-state index in [4.69, 9.17) is 17.4 Å². The van der Waals surface area contributed by atoms with Crippen LogP contribution in [-0.4, -0.2) is 72.3 Å². The number of fused-ring (bicyclic) bond motifs is 35. The Morgan fingerprint density at radius 3 is 1.25 bits per heavy atom. The smallest absolute Gasteiger partial charge is 0.386 e. The Hall–Kier alpha value is -16.1. The van der Waals surface area contributed by atoms with Gasteiger partial charge in [-0.1, -0.05) is 96.3 Å². The molecule has 19 aromatic heterocycles. The summed E-state index contributed by atoms with van der Waals surface area (Å²) in [5, 5.41) is 5.58. The van der Waals surface area contributed by atoms with Gasteiger partial charge in [0.15, 0.2) is 18.7 Å². The quantitative estimate of drug-likeness (QED) is 0.151. The summed E-state index contributed by atoms with van der Waals surface area (Å²) in [6, 6.07) is 77.8. The number of thiophene rings is 1. The van der Waals surface area contributed by atoms with Crippen molar-refractivity contribution in [2.45, 2.75) is 32.7 Å². The maximum atomic E-state index is 8.27. The third-order valence-electron chi connectivity index (χ3n) is 23.8. The molecule has 0 amide bonds. The van der Waals surface area contributed by atoms with Gasteiger partial charge in [0.25, 0.3) is 44.8 Å². The van der Waals surface area contributed by atoms with Crippen molar-refractivity contribution < 1.29 is 40.2 Å². The van der Waals surface area contributed by atoms with Gasteiger partial charge in [-0.3, -0.25) is 49.4 Å². The van der Waals surface area contributed by atoms with Gasteiger partial charge in [0, 0.05) is 85.8 Å². The lowest BCUT2D eigenvalue weighted by Gasteiger charge is -2.08. The van der Waals surface area contributed by atoms with Gasteiger partial charge >= 0.3 is 23.1 Å². The lowest BCUT2D eigenvalue weighted by Crippen LogP contribution is -2.31. The second kappa shape index (κ2) is 26.7. The van der Waals surface area contributed by atoms with Crippen LogP contribution < -0.4 is 22.8 Å². The number of aryl methyl sites for hydroxylation is 2. The van der Waals surface area contributed by atoms with E-state index in [0.717, 1.165) is 171 Å². The molecule has 0 fully saturated rings. The zero-order chi connectivity index (χ0) is 82.2. The van der Waals surface area contributed by atoms with Crippen LogP contribution in [0.2, 0.25) is 0 Å². The topological polar surface area (TPSA) is 204 Å². The van der Waals surface area contributed by atoms with E-state index >= 15 is 0 Å². The van der Waals surface area contributed by atoms with Crippen LogP contribution in [-0.2, 0) is 46.7 Å². The molecule has 24 heteroatoms. The number of para-hydroxylation sites is 5. The number of hydrogen-bond donors (Lipinski definition) is 0. The number of furan rings is 1. The van der Waals surface area contributed by atoms with Crippen molar-refractivity contribution >= 4 is 120 Å². The predicted octanol–water partition coefficient (Wildman–Crippen LogP) is 16.8. The first-order chi connectivity index (χ1) is 61.1. The minimum absolute atomic E-state index is 0.549. The fraction of sp³-hybridized carbons (Fsp3) is 0.0722. The Kier molecular flexibility index (Phi) is 14.4. The summed E-state index contributed by atoms with van der Waals surface area (Å²) in [6.07, 6.45) is 24.0. The first-order valence-corrected chi connectivity index (χ1v) is 40.6. The second-order valence-corrected chi connectivity index (χ2v) is 31.3. The van der Waals surface area contributed by atoms with Crippen molar-refractivity contribution in [3.63, 3.8) is 0 Å². The third kappa shape index (κ3) is 10.2. The molecule has 5 aliphatic heterocycles. The number of pyridine rings is 9. The number of oxazole rings is 2. The van der Waals surface area contributed by atoms with Crippen LogP contribution >= 0.6 is 11.3 Å². The Morgan fingerprint density at radius 1 is 0.314 bits per heavy atom. The van der Waals surface area contributed by atoms with Gasteiger partial charge in [0.2, 0.25) is 16.6 Å². The molecule has 5 aliphatic rings. The van der Waals surface area contributed by atoms with Crippen molar-refractivity contribution in [3.8, 4) is 79.8 Å². The molecule has 0 N–H and O–H groups in total. The molecule has 0 aliphatic carbocycles. The molecular weight excluding hydrogens is 1530 g/mol. The highest BCUT2D eigenvalue weighted by molar-refractivity contribution is 7.25. The minimum atomic E-state index is -2.31. The van der Waals surface area contributed by atoms with Gasteiger partial charge < -0.3 is 22.4 Å². The summed E-state index contributed by atoms with van der Waals surface area (Å²) in [7, 11) is 2.12. The summed E-state index contributed by atoms with van der Waals surface area (Å²) in [4.78, 5) is 40.7. The van der Waals surface area contributed by atoms with Crippen LogP contribution in [0.4, 0.5) is 0 Å². The first-order valence-electron chi connectivity index (χ1n) is 41.3. The minimum Gasteiger partial charge on any atom is -0.418 e. The van der Waals surface area contributed by atoms with E-state index in [1.807, 2.05) is 159 Å². The summed E-state index contributed by atoms with van der Waals surface area (Å²) >= 11 is 1.65. The van der Waals surface area contributed by atoms with Crippen LogP contribution in [0.5, 0.6) is 0 Å². The predicted molar refractivity (Wildman–Crippen MR) is 461 cm³/mol. The molecule has 29 rings (SSSR count). The Balaban J connectivity index is 0.0000000860. The van der Waals surface area contributed by atoms with Crippen LogP contribution in [0.15, 0.2) is 324 Å². The first kappa shape index (κ1) is 65.1. The highest BCUT2D eigenvalue weighted by Crippen LogP contribution is 2.44. The van der Waals surface area contributed by atoms with E-state index in [1.165, 1.54) is 60.2 Å². The molecule has 24 heterocycles.